The van der Waals surface area contributed by atoms with Gasteiger partial charge in [-0.1, -0.05) is 25.1 Å². The van der Waals surface area contributed by atoms with Gasteiger partial charge in [0.1, 0.15) is 5.75 Å². The van der Waals surface area contributed by atoms with Crippen LogP contribution in [0.3, 0.4) is 0 Å². The Hall–Kier alpha value is -3.80. The zero-order chi connectivity index (χ0) is 24.0. The minimum atomic E-state index is -0.998. The van der Waals surface area contributed by atoms with E-state index in [0.717, 1.165) is 34.0 Å². The van der Waals surface area contributed by atoms with Crippen molar-refractivity contribution >= 4 is 28.9 Å². The number of aromatic carboxylic acids is 1. The molecule has 0 radical (unpaired) electrons. The van der Waals surface area contributed by atoms with Gasteiger partial charge in [0.05, 0.1) is 12.7 Å². The fourth-order valence-corrected chi connectivity index (χ4v) is 3.95. The number of hydrogen-bond acceptors (Lipinski definition) is 3. The highest BCUT2D eigenvalue weighted by atomic mass is 16.5. The highest BCUT2D eigenvalue weighted by Gasteiger charge is 2.22. The van der Waals surface area contributed by atoms with Crippen molar-refractivity contribution in [3.05, 3.63) is 83.1 Å². The molecule has 6 nitrogen and oxygen atoms in total. The number of carbonyl (C=O) groups excluding carboxylic acids is 1. The second kappa shape index (κ2) is 10.7. The summed E-state index contributed by atoms with van der Waals surface area (Å²) in [5.41, 5.74) is 4.67. The highest BCUT2D eigenvalue weighted by Crippen LogP contribution is 2.39. The van der Waals surface area contributed by atoms with Crippen LogP contribution in [0.15, 0.2) is 60.8 Å². The lowest BCUT2D eigenvalue weighted by Crippen LogP contribution is -2.24. The van der Waals surface area contributed by atoms with Gasteiger partial charge in [-0.05, 0) is 61.2 Å². The molecule has 0 saturated carbocycles. The number of fused-ring (bicyclic) bond motifs is 1. The number of carboxylic acids is 1. The fraction of sp³-hybridized carbons (Fsp3) is 0.259. The maximum Gasteiger partial charge on any atom is 0.335 e. The zero-order valence-corrected chi connectivity index (χ0v) is 19.3. The molecule has 0 aliphatic rings. The first kappa shape index (κ1) is 23.9. The molecule has 6 heteroatoms. The van der Waals surface area contributed by atoms with E-state index in [1.165, 1.54) is 0 Å². The normalized spacial score (nSPS) is 12.4. The number of benzene rings is 2. The summed E-state index contributed by atoms with van der Waals surface area (Å²) in [6, 6.07) is 11.0. The lowest BCUT2D eigenvalue weighted by molar-refractivity contribution is -0.117. The standard InChI is InChI=1S/C27H30N2O4/c1-5-7-20(21-10-9-19(27(31)32)15-25(21)33-4)23-16-29-24-11-8-18(14-22(23)24)13-17(3)26(30)28-12-6-2/h5,8-11,13-16,20,29H,1,6-7,12H2,2-4H3,(H,28,30)(H,31,32). The Labute approximate surface area is 194 Å². The summed E-state index contributed by atoms with van der Waals surface area (Å²) in [6.45, 7) is 8.40. The fourth-order valence-electron chi connectivity index (χ4n) is 3.95. The molecule has 0 aliphatic carbocycles. The number of aromatic nitrogens is 1. The number of carboxylic acid groups (broad SMARTS) is 1. The van der Waals surface area contributed by atoms with Gasteiger partial charge in [0.25, 0.3) is 0 Å². The molecule has 3 aromatic rings. The summed E-state index contributed by atoms with van der Waals surface area (Å²) in [5.74, 6) is -0.626. The van der Waals surface area contributed by atoms with Crippen molar-refractivity contribution in [3.8, 4) is 5.75 Å². The first-order chi connectivity index (χ1) is 15.9. The molecule has 3 N–H and O–H groups in total. The van der Waals surface area contributed by atoms with Gasteiger partial charge < -0.3 is 20.1 Å². The molecule has 1 heterocycles. The van der Waals surface area contributed by atoms with Crippen molar-refractivity contribution < 1.29 is 19.4 Å². The maximum atomic E-state index is 12.3. The summed E-state index contributed by atoms with van der Waals surface area (Å²) in [6.07, 6.45) is 7.23. The maximum absolute atomic E-state index is 12.3. The summed E-state index contributed by atoms with van der Waals surface area (Å²) in [7, 11) is 1.54. The van der Waals surface area contributed by atoms with Crippen LogP contribution in [0.5, 0.6) is 5.75 Å². The molecular weight excluding hydrogens is 416 g/mol. The van der Waals surface area contributed by atoms with E-state index in [1.807, 2.05) is 44.3 Å². The minimum Gasteiger partial charge on any atom is -0.496 e. The lowest BCUT2D eigenvalue weighted by atomic mass is 9.87. The molecule has 0 saturated heterocycles. The van der Waals surface area contributed by atoms with E-state index < -0.39 is 5.97 Å². The van der Waals surface area contributed by atoms with Crippen LogP contribution >= 0.6 is 0 Å². The van der Waals surface area contributed by atoms with Crippen LogP contribution in [-0.2, 0) is 4.79 Å². The van der Waals surface area contributed by atoms with E-state index >= 15 is 0 Å². The highest BCUT2D eigenvalue weighted by molar-refractivity contribution is 5.98. The van der Waals surface area contributed by atoms with Crippen LogP contribution in [0.25, 0.3) is 17.0 Å². The van der Waals surface area contributed by atoms with Crippen LogP contribution in [0.2, 0.25) is 0 Å². The number of ether oxygens (including phenoxy) is 1. The zero-order valence-electron chi connectivity index (χ0n) is 19.3. The minimum absolute atomic E-state index is 0.0703. The molecule has 172 valence electrons. The van der Waals surface area contributed by atoms with Gasteiger partial charge >= 0.3 is 5.97 Å². The molecule has 1 amide bonds. The predicted molar refractivity (Wildman–Crippen MR) is 132 cm³/mol. The summed E-state index contributed by atoms with van der Waals surface area (Å²) < 4.78 is 5.55. The van der Waals surface area contributed by atoms with Gasteiger partial charge in [-0.25, -0.2) is 4.79 Å². The van der Waals surface area contributed by atoms with E-state index in [0.29, 0.717) is 24.3 Å². The number of allylic oxidation sites excluding steroid dienone is 1. The average Bonchev–Trinajstić information content (AvgIpc) is 3.23. The van der Waals surface area contributed by atoms with Crippen molar-refractivity contribution in [2.24, 2.45) is 0 Å². The Kier molecular flexibility index (Phi) is 7.72. The molecule has 0 fully saturated rings. The van der Waals surface area contributed by atoms with Gasteiger partial charge in [0, 0.05) is 40.7 Å². The Morgan fingerprint density at radius 1 is 1.21 bits per heavy atom. The van der Waals surface area contributed by atoms with Crippen molar-refractivity contribution in [2.75, 3.05) is 13.7 Å². The Balaban J connectivity index is 2.06. The van der Waals surface area contributed by atoms with Crippen molar-refractivity contribution in [3.63, 3.8) is 0 Å². The van der Waals surface area contributed by atoms with Crippen molar-refractivity contribution in [1.29, 1.82) is 0 Å². The van der Waals surface area contributed by atoms with Crippen LogP contribution < -0.4 is 10.1 Å². The third kappa shape index (κ3) is 5.34. The molecule has 1 aromatic heterocycles. The Bertz CT molecular complexity index is 1210. The molecular formula is C27H30N2O4. The van der Waals surface area contributed by atoms with E-state index in [4.69, 9.17) is 4.74 Å². The molecule has 0 spiro atoms. The molecule has 3 rings (SSSR count). The summed E-state index contributed by atoms with van der Waals surface area (Å²) in [5, 5.41) is 13.3. The smallest absolute Gasteiger partial charge is 0.335 e. The molecule has 0 bridgehead atoms. The molecule has 33 heavy (non-hydrogen) atoms. The number of methoxy groups -OCH3 is 1. The molecule has 1 atom stereocenters. The van der Waals surface area contributed by atoms with Gasteiger partial charge in [0.15, 0.2) is 0 Å². The van der Waals surface area contributed by atoms with E-state index in [1.54, 1.807) is 25.3 Å². The predicted octanol–water partition coefficient (Wildman–Crippen LogP) is 5.51. The number of aromatic amines is 1. The van der Waals surface area contributed by atoms with Crippen LogP contribution in [0.1, 0.15) is 59.7 Å². The van der Waals surface area contributed by atoms with Crippen LogP contribution in [0, 0.1) is 0 Å². The SMILES string of the molecule is C=CCC(c1ccc(C(=O)O)cc1OC)c1c[nH]c2ccc(C=C(C)C(=O)NCCC)cc12. The Morgan fingerprint density at radius 3 is 2.67 bits per heavy atom. The van der Waals surface area contributed by atoms with Crippen molar-refractivity contribution in [1.82, 2.24) is 10.3 Å². The average molecular weight is 447 g/mol. The molecule has 0 aliphatic heterocycles. The second-order valence-electron chi connectivity index (χ2n) is 7.97. The number of amides is 1. The van der Waals surface area contributed by atoms with Crippen molar-refractivity contribution in [2.45, 2.75) is 32.6 Å². The summed E-state index contributed by atoms with van der Waals surface area (Å²) in [4.78, 5) is 27.0. The third-order valence-corrected chi connectivity index (χ3v) is 5.65. The van der Waals surface area contributed by atoms with E-state index in [-0.39, 0.29) is 17.4 Å². The quantitative estimate of drug-likeness (QED) is 0.283. The lowest BCUT2D eigenvalue weighted by Gasteiger charge is -2.19. The van der Waals surface area contributed by atoms with Crippen LogP contribution in [-0.4, -0.2) is 35.6 Å². The number of rotatable bonds is 10. The first-order valence-corrected chi connectivity index (χ1v) is 11.0. The monoisotopic (exact) mass is 446 g/mol. The Morgan fingerprint density at radius 2 is 2.00 bits per heavy atom. The van der Waals surface area contributed by atoms with E-state index in [2.05, 4.69) is 22.9 Å². The topological polar surface area (TPSA) is 91.4 Å². The number of carbonyl (C=O) groups is 2. The molecule has 1 unspecified atom stereocenters. The number of nitrogens with one attached hydrogen (secondary N) is 2. The third-order valence-electron chi connectivity index (χ3n) is 5.65. The summed E-state index contributed by atoms with van der Waals surface area (Å²) >= 11 is 0. The van der Waals surface area contributed by atoms with Gasteiger partial charge in [-0.15, -0.1) is 6.58 Å². The molecule has 2 aromatic carbocycles. The van der Waals surface area contributed by atoms with Gasteiger partial charge in [-0.2, -0.15) is 0 Å². The largest absolute Gasteiger partial charge is 0.496 e. The van der Waals surface area contributed by atoms with Gasteiger partial charge in [0.2, 0.25) is 5.91 Å². The second-order valence-corrected chi connectivity index (χ2v) is 7.97. The number of H-pyrrole nitrogens is 1. The van der Waals surface area contributed by atoms with Gasteiger partial charge in [-0.3, -0.25) is 4.79 Å². The first-order valence-electron chi connectivity index (χ1n) is 11.0. The van der Waals surface area contributed by atoms with E-state index in [9.17, 15) is 14.7 Å². The van der Waals surface area contributed by atoms with Crippen LogP contribution in [0.4, 0.5) is 0 Å². The number of hydrogen-bond donors (Lipinski definition) is 3.